The van der Waals surface area contributed by atoms with Gasteiger partial charge in [-0.3, -0.25) is 0 Å². The monoisotopic (exact) mass is 169 g/mol. The Morgan fingerprint density at radius 3 is 2.92 bits per heavy atom. The van der Waals surface area contributed by atoms with Gasteiger partial charge in [-0.05, 0) is 19.1 Å². The van der Waals surface area contributed by atoms with Gasteiger partial charge >= 0.3 is 5.97 Å². The number of carboxylic acid groups (broad SMARTS) is 1. The van der Waals surface area contributed by atoms with Crippen LogP contribution in [0.2, 0.25) is 0 Å². The topological polar surface area (TPSA) is 62.5 Å². The van der Waals surface area contributed by atoms with Crippen molar-refractivity contribution in [2.24, 2.45) is 0 Å². The average molecular weight is 169 g/mol. The number of rotatable bonds is 3. The third-order valence-electron chi connectivity index (χ3n) is 1.80. The SMILES string of the molecule is CC(C(=O)O)n1cccc1CO. The van der Waals surface area contributed by atoms with Crippen LogP contribution in [0.15, 0.2) is 18.3 Å². The first-order chi connectivity index (χ1) is 5.66. The Kier molecular flexibility index (Phi) is 2.50. The average Bonchev–Trinajstić information content (AvgIpc) is 2.49. The highest BCUT2D eigenvalue weighted by atomic mass is 16.4. The lowest BCUT2D eigenvalue weighted by atomic mass is 10.3. The summed E-state index contributed by atoms with van der Waals surface area (Å²) in [6, 6.07) is 2.78. The van der Waals surface area contributed by atoms with E-state index in [4.69, 9.17) is 10.2 Å². The summed E-state index contributed by atoms with van der Waals surface area (Å²) in [6.07, 6.45) is 1.64. The summed E-state index contributed by atoms with van der Waals surface area (Å²) in [6.45, 7) is 1.44. The number of hydrogen-bond acceptors (Lipinski definition) is 2. The van der Waals surface area contributed by atoms with Crippen LogP contribution in [-0.4, -0.2) is 20.7 Å². The highest BCUT2D eigenvalue weighted by molar-refractivity contribution is 5.71. The Labute approximate surface area is 70.1 Å². The van der Waals surface area contributed by atoms with Gasteiger partial charge in [0.2, 0.25) is 0 Å². The van der Waals surface area contributed by atoms with E-state index in [9.17, 15) is 4.79 Å². The molecule has 0 saturated heterocycles. The molecule has 0 bridgehead atoms. The van der Waals surface area contributed by atoms with Gasteiger partial charge in [-0.25, -0.2) is 4.79 Å². The summed E-state index contributed by atoms with van der Waals surface area (Å²) >= 11 is 0. The zero-order chi connectivity index (χ0) is 9.14. The minimum absolute atomic E-state index is 0.134. The molecule has 4 heteroatoms. The molecule has 0 amide bonds. The van der Waals surface area contributed by atoms with E-state index in [2.05, 4.69) is 0 Å². The number of nitrogens with zero attached hydrogens (tertiary/aromatic N) is 1. The first kappa shape index (κ1) is 8.80. The van der Waals surface area contributed by atoms with Crippen LogP contribution in [0.1, 0.15) is 18.7 Å². The number of carboxylic acids is 1. The molecular formula is C8H11NO3. The van der Waals surface area contributed by atoms with Crippen molar-refractivity contribution in [1.82, 2.24) is 4.57 Å². The van der Waals surface area contributed by atoms with Crippen molar-refractivity contribution in [3.05, 3.63) is 24.0 Å². The second kappa shape index (κ2) is 3.40. The van der Waals surface area contributed by atoms with Gasteiger partial charge in [0.1, 0.15) is 6.04 Å². The normalized spacial score (nSPS) is 12.8. The van der Waals surface area contributed by atoms with Crippen LogP contribution in [0.3, 0.4) is 0 Å². The first-order valence-electron chi connectivity index (χ1n) is 3.66. The largest absolute Gasteiger partial charge is 0.480 e. The van der Waals surface area contributed by atoms with Crippen molar-refractivity contribution in [3.8, 4) is 0 Å². The van der Waals surface area contributed by atoms with E-state index in [1.807, 2.05) is 0 Å². The number of aliphatic hydroxyl groups is 1. The quantitative estimate of drug-likeness (QED) is 0.697. The lowest BCUT2D eigenvalue weighted by Crippen LogP contribution is -2.16. The van der Waals surface area contributed by atoms with Gasteiger partial charge in [0.25, 0.3) is 0 Å². The Morgan fingerprint density at radius 2 is 2.42 bits per heavy atom. The maximum absolute atomic E-state index is 10.6. The van der Waals surface area contributed by atoms with Crippen LogP contribution in [0.4, 0.5) is 0 Å². The zero-order valence-corrected chi connectivity index (χ0v) is 6.77. The predicted molar refractivity (Wildman–Crippen MR) is 42.7 cm³/mol. The summed E-state index contributed by atoms with van der Waals surface area (Å²) in [7, 11) is 0. The molecule has 0 aliphatic rings. The molecule has 0 saturated carbocycles. The van der Waals surface area contributed by atoms with Gasteiger partial charge in [-0.1, -0.05) is 0 Å². The molecule has 1 rings (SSSR count). The fourth-order valence-corrected chi connectivity index (χ4v) is 1.06. The van der Waals surface area contributed by atoms with E-state index in [1.54, 1.807) is 25.3 Å². The summed E-state index contributed by atoms with van der Waals surface area (Å²) in [5, 5.41) is 17.5. The lowest BCUT2D eigenvalue weighted by molar-refractivity contribution is -0.140. The molecule has 66 valence electrons. The van der Waals surface area contributed by atoms with Crippen LogP contribution in [0.25, 0.3) is 0 Å². The summed E-state index contributed by atoms with van der Waals surface area (Å²) in [5.74, 6) is -0.902. The highest BCUT2D eigenvalue weighted by Crippen LogP contribution is 2.11. The fraction of sp³-hybridized carbons (Fsp3) is 0.375. The fourth-order valence-electron chi connectivity index (χ4n) is 1.06. The van der Waals surface area contributed by atoms with E-state index < -0.39 is 12.0 Å². The second-order valence-corrected chi connectivity index (χ2v) is 2.58. The molecule has 0 aromatic carbocycles. The van der Waals surface area contributed by atoms with E-state index in [1.165, 1.54) is 4.57 Å². The number of aromatic nitrogens is 1. The molecule has 0 aliphatic carbocycles. The molecular weight excluding hydrogens is 158 g/mol. The molecule has 1 atom stereocenters. The van der Waals surface area contributed by atoms with Crippen molar-refractivity contribution >= 4 is 5.97 Å². The third kappa shape index (κ3) is 1.48. The first-order valence-corrected chi connectivity index (χ1v) is 3.66. The Bertz CT molecular complexity index is 280. The van der Waals surface area contributed by atoms with Crippen molar-refractivity contribution in [2.45, 2.75) is 19.6 Å². The standard InChI is InChI=1S/C8H11NO3/c1-6(8(11)12)9-4-2-3-7(9)5-10/h2-4,6,10H,5H2,1H3,(H,11,12). The third-order valence-corrected chi connectivity index (χ3v) is 1.80. The van der Waals surface area contributed by atoms with Crippen molar-refractivity contribution in [3.63, 3.8) is 0 Å². The number of hydrogen-bond donors (Lipinski definition) is 2. The van der Waals surface area contributed by atoms with Crippen molar-refractivity contribution in [2.75, 3.05) is 0 Å². The number of aliphatic carboxylic acids is 1. The molecule has 0 radical (unpaired) electrons. The molecule has 0 fully saturated rings. The van der Waals surface area contributed by atoms with Gasteiger partial charge < -0.3 is 14.8 Å². The molecule has 0 aliphatic heterocycles. The van der Waals surface area contributed by atoms with Crippen LogP contribution in [0.5, 0.6) is 0 Å². The van der Waals surface area contributed by atoms with E-state index >= 15 is 0 Å². The van der Waals surface area contributed by atoms with Gasteiger partial charge in [0, 0.05) is 11.9 Å². The van der Waals surface area contributed by atoms with E-state index in [0.717, 1.165) is 0 Å². The summed E-state index contributed by atoms with van der Waals surface area (Å²) < 4.78 is 1.53. The minimum atomic E-state index is -0.902. The molecule has 2 N–H and O–H groups in total. The maximum atomic E-state index is 10.6. The zero-order valence-electron chi connectivity index (χ0n) is 6.77. The maximum Gasteiger partial charge on any atom is 0.326 e. The molecule has 0 spiro atoms. The highest BCUT2D eigenvalue weighted by Gasteiger charge is 2.14. The van der Waals surface area contributed by atoms with E-state index in [0.29, 0.717) is 5.69 Å². The Hall–Kier alpha value is -1.29. The van der Waals surface area contributed by atoms with Crippen molar-refractivity contribution < 1.29 is 15.0 Å². The molecule has 4 nitrogen and oxygen atoms in total. The lowest BCUT2D eigenvalue weighted by Gasteiger charge is -2.11. The van der Waals surface area contributed by atoms with Crippen LogP contribution < -0.4 is 0 Å². The summed E-state index contributed by atoms with van der Waals surface area (Å²) in [4.78, 5) is 10.6. The predicted octanol–water partition coefficient (Wildman–Crippen LogP) is 0.626. The van der Waals surface area contributed by atoms with Crippen LogP contribution >= 0.6 is 0 Å². The molecule has 12 heavy (non-hydrogen) atoms. The molecule has 1 aromatic rings. The van der Waals surface area contributed by atoms with Crippen LogP contribution in [0, 0.1) is 0 Å². The summed E-state index contributed by atoms with van der Waals surface area (Å²) in [5.41, 5.74) is 0.616. The van der Waals surface area contributed by atoms with Gasteiger partial charge in [0.05, 0.1) is 6.61 Å². The molecule has 1 heterocycles. The number of aliphatic hydroxyl groups excluding tert-OH is 1. The van der Waals surface area contributed by atoms with Gasteiger partial charge in [0.15, 0.2) is 0 Å². The van der Waals surface area contributed by atoms with Crippen molar-refractivity contribution in [1.29, 1.82) is 0 Å². The molecule has 1 aromatic heterocycles. The Morgan fingerprint density at radius 1 is 1.75 bits per heavy atom. The smallest absolute Gasteiger partial charge is 0.326 e. The van der Waals surface area contributed by atoms with Crippen LogP contribution in [-0.2, 0) is 11.4 Å². The minimum Gasteiger partial charge on any atom is -0.480 e. The second-order valence-electron chi connectivity index (χ2n) is 2.58. The van der Waals surface area contributed by atoms with Gasteiger partial charge in [-0.2, -0.15) is 0 Å². The Balaban J connectivity index is 2.93. The van der Waals surface area contributed by atoms with Gasteiger partial charge in [-0.15, -0.1) is 0 Å². The number of carbonyl (C=O) groups is 1. The van der Waals surface area contributed by atoms with E-state index in [-0.39, 0.29) is 6.61 Å². The molecule has 1 unspecified atom stereocenters.